The number of hydrogen-bond donors (Lipinski definition) is 1. The molecule has 1 aromatic heterocycles. The lowest BCUT2D eigenvalue weighted by atomic mass is 9.99. The molecule has 1 rings (SSSR count). The first-order valence-corrected chi connectivity index (χ1v) is 7.86. The van der Waals surface area contributed by atoms with Crippen molar-refractivity contribution >= 4 is 21.6 Å². The molecule has 1 aromatic rings. The molecule has 0 fully saturated rings. The molecule has 0 radical (unpaired) electrons. The second-order valence-corrected chi connectivity index (χ2v) is 5.63. The van der Waals surface area contributed by atoms with Crippen LogP contribution >= 0.6 is 15.9 Å². The molecule has 0 saturated carbocycles. The zero-order valence-corrected chi connectivity index (χ0v) is 13.7. The molecule has 1 atom stereocenters. The molecule has 5 heteroatoms. The lowest BCUT2D eigenvalue weighted by Gasteiger charge is -2.16. The highest BCUT2D eigenvalue weighted by Gasteiger charge is 2.10. The van der Waals surface area contributed by atoms with Gasteiger partial charge in [-0.1, -0.05) is 39.0 Å². The number of rotatable bonds is 8. The topological polar surface area (TPSA) is 46.9 Å². The smallest absolute Gasteiger partial charge is 0.284 e. The molecular weight excluding hydrogens is 318 g/mol. The molecule has 0 aliphatic carbocycles. The van der Waals surface area contributed by atoms with Gasteiger partial charge in [0.25, 0.3) is 5.56 Å². The van der Waals surface area contributed by atoms with Crippen LogP contribution in [0.5, 0.6) is 0 Å². The lowest BCUT2D eigenvalue weighted by molar-refractivity contribution is 0.472. The Morgan fingerprint density at radius 1 is 1.55 bits per heavy atom. The number of unbranched alkanes of at least 4 members (excludes halogenated alkanes) is 1. The Morgan fingerprint density at radius 2 is 2.30 bits per heavy atom. The van der Waals surface area contributed by atoms with Gasteiger partial charge in [0.2, 0.25) is 0 Å². The van der Waals surface area contributed by atoms with E-state index < -0.39 is 0 Å². The quantitative estimate of drug-likeness (QED) is 0.739. The van der Waals surface area contributed by atoms with Crippen molar-refractivity contribution in [2.75, 3.05) is 11.9 Å². The van der Waals surface area contributed by atoms with E-state index in [-0.39, 0.29) is 12.1 Å². The van der Waals surface area contributed by atoms with E-state index in [1.54, 1.807) is 6.20 Å². The molecule has 0 amide bonds. The van der Waals surface area contributed by atoms with Crippen molar-refractivity contribution in [2.24, 2.45) is 5.92 Å². The maximum atomic E-state index is 12.0. The molecule has 0 spiro atoms. The number of anilines is 1. The van der Waals surface area contributed by atoms with Crippen LogP contribution in [0.1, 0.15) is 39.5 Å². The van der Waals surface area contributed by atoms with Gasteiger partial charge in [-0.05, 0) is 28.3 Å². The minimum Gasteiger partial charge on any atom is -0.382 e. The van der Waals surface area contributed by atoms with Crippen molar-refractivity contribution in [3.05, 3.63) is 21.0 Å². The average molecular weight is 340 g/mol. The van der Waals surface area contributed by atoms with Crippen LogP contribution in [0.2, 0.25) is 0 Å². The van der Waals surface area contributed by atoms with Crippen LogP contribution in [-0.4, -0.2) is 16.3 Å². The summed E-state index contributed by atoms with van der Waals surface area (Å²) in [5, 5.41) is 7.37. The van der Waals surface area contributed by atoms with E-state index in [1.165, 1.54) is 23.9 Å². The fourth-order valence-electron chi connectivity index (χ4n) is 1.99. The number of hydrogen-bond acceptors (Lipinski definition) is 3. The van der Waals surface area contributed by atoms with Gasteiger partial charge < -0.3 is 5.32 Å². The van der Waals surface area contributed by atoms with E-state index in [9.17, 15) is 4.79 Å². The number of nitrogens with zero attached hydrogens (tertiary/aromatic N) is 2. The third-order valence-corrected chi connectivity index (χ3v) is 4.12. The van der Waals surface area contributed by atoms with Gasteiger partial charge in [-0.2, -0.15) is 5.10 Å². The Balaban J connectivity index is 2.71. The molecule has 1 N–H and O–H groups in total. The molecule has 0 aliphatic heterocycles. The van der Waals surface area contributed by atoms with E-state index >= 15 is 0 Å². The first-order valence-electron chi connectivity index (χ1n) is 7.06. The third kappa shape index (κ3) is 4.68. The molecule has 1 heterocycles. The molecule has 0 saturated heterocycles. The molecule has 20 heavy (non-hydrogen) atoms. The third-order valence-electron chi connectivity index (χ3n) is 3.35. The Bertz CT molecular complexity index is 519. The van der Waals surface area contributed by atoms with Crippen molar-refractivity contribution in [3.63, 3.8) is 0 Å². The van der Waals surface area contributed by atoms with E-state index in [2.05, 4.69) is 46.1 Å². The Hall–Kier alpha value is -1.28. The summed E-state index contributed by atoms with van der Waals surface area (Å²) in [5.41, 5.74) is 0.535. The van der Waals surface area contributed by atoms with Crippen molar-refractivity contribution in [3.8, 4) is 12.3 Å². The highest BCUT2D eigenvalue weighted by Crippen LogP contribution is 2.19. The summed E-state index contributed by atoms with van der Waals surface area (Å²) in [7, 11) is 0. The molecule has 1 unspecified atom stereocenters. The Labute approximate surface area is 129 Å². The number of terminal acetylenes is 1. The van der Waals surface area contributed by atoms with Crippen LogP contribution in [0.15, 0.2) is 15.5 Å². The van der Waals surface area contributed by atoms with Crippen LogP contribution in [0, 0.1) is 18.3 Å². The normalized spacial score (nSPS) is 11.9. The van der Waals surface area contributed by atoms with Gasteiger partial charge in [-0.15, -0.1) is 6.42 Å². The molecule has 0 aliphatic rings. The summed E-state index contributed by atoms with van der Waals surface area (Å²) < 4.78 is 1.76. The fourth-order valence-corrected chi connectivity index (χ4v) is 2.43. The van der Waals surface area contributed by atoms with E-state index in [0.29, 0.717) is 10.4 Å². The minimum absolute atomic E-state index is 0.186. The predicted octanol–water partition coefficient (Wildman–Crippen LogP) is 3.27. The summed E-state index contributed by atoms with van der Waals surface area (Å²) in [6.45, 7) is 5.44. The van der Waals surface area contributed by atoms with Gasteiger partial charge in [-0.3, -0.25) is 4.79 Å². The summed E-state index contributed by atoms with van der Waals surface area (Å²) in [4.78, 5) is 12.0. The maximum Gasteiger partial charge on any atom is 0.284 e. The molecule has 0 bridgehead atoms. The Kier molecular flexibility index (Phi) is 7.38. The first kappa shape index (κ1) is 16.8. The van der Waals surface area contributed by atoms with Crippen molar-refractivity contribution in [2.45, 2.75) is 46.1 Å². The van der Waals surface area contributed by atoms with Crippen molar-refractivity contribution in [1.29, 1.82) is 0 Å². The lowest BCUT2D eigenvalue weighted by Crippen LogP contribution is -2.25. The second-order valence-electron chi connectivity index (χ2n) is 4.84. The fraction of sp³-hybridized carbons (Fsp3) is 0.600. The van der Waals surface area contributed by atoms with Crippen LogP contribution in [0.3, 0.4) is 0 Å². The van der Waals surface area contributed by atoms with E-state index in [4.69, 9.17) is 6.42 Å². The van der Waals surface area contributed by atoms with Gasteiger partial charge in [-0.25, -0.2) is 4.68 Å². The predicted molar refractivity (Wildman–Crippen MR) is 86.8 cm³/mol. The molecular formula is C15H22BrN3O. The molecule has 110 valence electrons. The van der Waals surface area contributed by atoms with Gasteiger partial charge >= 0.3 is 0 Å². The van der Waals surface area contributed by atoms with Crippen LogP contribution in [0.4, 0.5) is 5.69 Å². The van der Waals surface area contributed by atoms with Crippen LogP contribution < -0.4 is 10.9 Å². The first-order chi connectivity index (χ1) is 9.63. The van der Waals surface area contributed by atoms with Crippen molar-refractivity contribution < 1.29 is 0 Å². The summed E-state index contributed by atoms with van der Waals surface area (Å²) in [5.74, 6) is 3.03. The summed E-state index contributed by atoms with van der Waals surface area (Å²) in [6.07, 6.45) is 11.6. The summed E-state index contributed by atoms with van der Waals surface area (Å²) in [6, 6.07) is 0. The zero-order valence-electron chi connectivity index (χ0n) is 12.2. The van der Waals surface area contributed by atoms with Gasteiger partial charge in [0, 0.05) is 6.54 Å². The standard InChI is InChI=1S/C15H22BrN3O/c1-4-7-8-12(6-3)10-17-13-11-18-19(9-5-2)15(20)14(13)16/h2,11-12,17H,4,6-10H2,1,3H3. The highest BCUT2D eigenvalue weighted by atomic mass is 79.9. The Morgan fingerprint density at radius 3 is 2.90 bits per heavy atom. The van der Waals surface area contributed by atoms with Crippen LogP contribution in [-0.2, 0) is 6.54 Å². The number of halogens is 1. The van der Waals surface area contributed by atoms with Gasteiger partial charge in [0.15, 0.2) is 0 Å². The van der Waals surface area contributed by atoms with Crippen molar-refractivity contribution in [1.82, 2.24) is 9.78 Å². The van der Waals surface area contributed by atoms with E-state index in [1.807, 2.05) is 0 Å². The largest absolute Gasteiger partial charge is 0.382 e. The average Bonchev–Trinajstić information content (AvgIpc) is 2.46. The number of aromatic nitrogens is 2. The van der Waals surface area contributed by atoms with Crippen LogP contribution in [0.25, 0.3) is 0 Å². The molecule has 4 nitrogen and oxygen atoms in total. The SMILES string of the molecule is C#CCn1ncc(NCC(CC)CCCC)c(Br)c1=O. The highest BCUT2D eigenvalue weighted by molar-refractivity contribution is 9.10. The second kappa shape index (κ2) is 8.80. The minimum atomic E-state index is -0.199. The zero-order chi connectivity index (χ0) is 15.0. The summed E-state index contributed by atoms with van der Waals surface area (Å²) >= 11 is 3.32. The monoisotopic (exact) mass is 339 g/mol. The number of nitrogens with one attached hydrogen (secondary N) is 1. The van der Waals surface area contributed by atoms with E-state index in [0.717, 1.165) is 18.7 Å². The molecule has 0 aromatic carbocycles. The van der Waals surface area contributed by atoms with Gasteiger partial charge in [0.1, 0.15) is 11.0 Å². The van der Waals surface area contributed by atoms with Gasteiger partial charge in [0.05, 0.1) is 11.9 Å². The maximum absolute atomic E-state index is 12.0.